The Labute approximate surface area is 245 Å². The van der Waals surface area contributed by atoms with E-state index >= 15 is 0 Å². The van der Waals surface area contributed by atoms with Gasteiger partial charge >= 0.3 is 0 Å². The highest BCUT2D eigenvalue weighted by Crippen LogP contribution is 2.42. The lowest BCUT2D eigenvalue weighted by Crippen LogP contribution is -2.03. The number of unbranched alkanes of at least 4 members (excludes halogenated alkanes) is 9. The summed E-state index contributed by atoms with van der Waals surface area (Å²) < 4.78 is 1.48. The second-order valence-electron chi connectivity index (χ2n) is 11.4. The molecule has 1 aliphatic rings. The third-order valence-electron chi connectivity index (χ3n) is 7.94. The van der Waals surface area contributed by atoms with Crippen LogP contribution in [0.25, 0.3) is 16.9 Å². The van der Waals surface area contributed by atoms with Crippen LogP contribution in [0.15, 0.2) is 59.7 Å². The lowest BCUT2D eigenvalue weighted by atomic mass is 9.93. The number of aryl methyl sites for hydroxylation is 2. The zero-order valence-corrected chi connectivity index (χ0v) is 25.8. The lowest BCUT2D eigenvalue weighted by molar-refractivity contribution is -0.345. The van der Waals surface area contributed by atoms with Crippen LogP contribution in [-0.4, -0.2) is 4.70 Å². The first-order valence-corrected chi connectivity index (χ1v) is 16.3. The van der Waals surface area contributed by atoms with Gasteiger partial charge in [0.1, 0.15) is 5.57 Å². The molecule has 0 N–H and O–H groups in total. The summed E-state index contributed by atoms with van der Waals surface area (Å²) in [5, 5.41) is 0. The normalized spacial score (nSPS) is 13.2. The maximum atomic E-state index is 12.0. The van der Waals surface area contributed by atoms with Crippen LogP contribution < -0.4 is 0 Å². The summed E-state index contributed by atoms with van der Waals surface area (Å²) >= 11 is 0. The van der Waals surface area contributed by atoms with Crippen LogP contribution in [-0.2, 0) is 12.8 Å². The number of benzene rings is 2. The summed E-state index contributed by atoms with van der Waals surface area (Å²) in [6.07, 6.45) is 18.4. The molecule has 0 bridgehead atoms. The van der Waals surface area contributed by atoms with Crippen molar-refractivity contribution in [3.05, 3.63) is 87.5 Å². The Bertz CT molecular complexity index is 1220. The van der Waals surface area contributed by atoms with Crippen molar-refractivity contribution in [2.75, 3.05) is 0 Å². The number of hydrogen-bond acceptors (Lipinski definition) is 0. The van der Waals surface area contributed by atoms with Gasteiger partial charge in [-0.05, 0) is 80.3 Å². The van der Waals surface area contributed by atoms with Crippen LogP contribution in [0.1, 0.15) is 140 Å². The van der Waals surface area contributed by atoms with E-state index in [1.807, 2.05) is 0 Å². The summed E-state index contributed by atoms with van der Waals surface area (Å²) in [6, 6.07) is 17.6. The maximum Gasteiger partial charge on any atom is 0.223 e. The number of nitrogens with zero attached hydrogens (tertiary/aromatic N) is 2. The predicted molar refractivity (Wildman–Crippen MR) is 173 cm³/mol. The fourth-order valence-corrected chi connectivity index (χ4v) is 5.56. The summed E-state index contributed by atoms with van der Waals surface area (Å²) in [5.41, 5.74) is 20.8. The van der Waals surface area contributed by atoms with E-state index in [-0.39, 0.29) is 0 Å². The Morgan fingerprint density at radius 2 is 1.15 bits per heavy atom. The quantitative estimate of drug-likeness (QED) is 0.109. The molecular weight excluding hydrogens is 484 g/mol. The van der Waals surface area contributed by atoms with Crippen molar-refractivity contribution in [3.8, 4) is 11.8 Å². The number of rotatable bonds is 17. The number of hydrogen-bond donors (Lipinski definition) is 0. The number of allylic oxidation sites excluding steroid dienone is 2. The largest absolute Gasteiger partial charge is 0.493 e. The monoisotopic (exact) mass is 536 g/mol. The Balaban J connectivity index is 2.09. The van der Waals surface area contributed by atoms with Crippen molar-refractivity contribution < 1.29 is 4.70 Å². The molecule has 0 saturated carbocycles. The lowest BCUT2D eigenvalue weighted by Gasteiger charge is -2.11. The van der Waals surface area contributed by atoms with Crippen molar-refractivity contribution in [1.29, 1.82) is 0 Å². The zero-order chi connectivity index (χ0) is 28.6. The molecule has 3 rings (SSSR count). The minimum absolute atomic E-state index is 0.859. The van der Waals surface area contributed by atoms with Gasteiger partial charge in [-0.2, -0.15) is 0 Å². The zero-order valence-electron chi connectivity index (χ0n) is 25.8. The minimum atomic E-state index is 0.859. The molecule has 2 aromatic carbocycles. The fraction of sp³-hybridized carbons (Fsp3) is 0.526. The Hall–Kier alpha value is -2.92. The van der Waals surface area contributed by atoms with Crippen molar-refractivity contribution >= 4 is 11.4 Å². The van der Waals surface area contributed by atoms with E-state index in [0.717, 1.165) is 73.0 Å². The molecule has 0 spiro atoms. The molecule has 0 unspecified atom stereocenters. The second kappa shape index (κ2) is 17.7. The van der Waals surface area contributed by atoms with Crippen molar-refractivity contribution in [2.45, 2.75) is 130 Å². The molecule has 2 nitrogen and oxygen atoms in total. The third kappa shape index (κ3) is 9.05. The molecule has 0 aliphatic carbocycles. The molecule has 1 aliphatic heterocycles. The van der Waals surface area contributed by atoms with E-state index in [9.17, 15) is 5.53 Å². The fourth-order valence-electron chi connectivity index (χ4n) is 5.56. The summed E-state index contributed by atoms with van der Waals surface area (Å²) in [6.45, 7) is 8.97. The Morgan fingerprint density at radius 1 is 0.600 bits per heavy atom. The van der Waals surface area contributed by atoms with Crippen molar-refractivity contribution in [3.63, 3.8) is 0 Å². The molecule has 2 heteroatoms. The molecule has 214 valence electrons. The van der Waals surface area contributed by atoms with Crippen LogP contribution in [0.3, 0.4) is 0 Å². The Morgan fingerprint density at radius 3 is 1.75 bits per heavy atom. The van der Waals surface area contributed by atoms with Crippen LogP contribution in [0.2, 0.25) is 0 Å². The summed E-state index contributed by atoms with van der Waals surface area (Å²) in [4.78, 5) is 0. The third-order valence-corrected chi connectivity index (χ3v) is 7.94. The van der Waals surface area contributed by atoms with E-state index < -0.39 is 0 Å². The predicted octanol–water partition coefficient (Wildman–Crippen LogP) is 11.5. The SMILES string of the molecule is CCCCC#CC1=C(c2cccc(CCCC)c2)[N+](=[N-])C(c2cccc(CCCC)c2)=C1CCCCCCCC. The molecule has 0 radical (unpaired) electrons. The van der Waals surface area contributed by atoms with E-state index in [0.29, 0.717) is 0 Å². The van der Waals surface area contributed by atoms with Gasteiger partial charge in [0.25, 0.3) is 0 Å². The first-order chi connectivity index (χ1) is 19.6. The average Bonchev–Trinajstić information content (AvgIpc) is 3.25. The highest BCUT2D eigenvalue weighted by atomic mass is 15.2. The summed E-state index contributed by atoms with van der Waals surface area (Å²) in [7, 11) is 0. The van der Waals surface area contributed by atoms with Crippen LogP contribution >= 0.6 is 0 Å². The maximum absolute atomic E-state index is 12.0. The molecule has 0 atom stereocenters. The van der Waals surface area contributed by atoms with Crippen molar-refractivity contribution in [1.82, 2.24) is 0 Å². The average molecular weight is 537 g/mol. The van der Waals surface area contributed by atoms with E-state index in [4.69, 9.17) is 0 Å². The summed E-state index contributed by atoms with van der Waals surface area (Å²) in [5.74, 6) is 7.07. The topological polar surface area (TPSA) is 25.3 Å². The minimum Gasteiger partial charge on any atom is -0.493 e. The van der Waals surface area contributed by atoms with Gasteiger partial charge in [0, 0.05) is 23.1 Å². The molecule has 0 saturated heterocycles. The smallest absolute Gasteiger partial charge is 0.223 e. The van der Waals surface area contributed by atoms with Gasteiger partial charge in [-0.25, -0.2) is 4.70 Å². The molecule has 0 fully saturated rings. The van der Waals surface area contributed by atoms with Gasteiger partial charge in [0.05, 0.1) is 0 Å². The first kappa shape index (κ1) is 31.6. The molecule has 0 aromatic heterocycles. The Kier molecular flexibility index (Phi) is 14.0. The van der Waals surface area contributed by atoms with Gasteiger partial charge in [0.15, 0.2) is 0 Å². The van der Waals surface area contributed by atoms with E-state index in [1.54, 1.807) is 0 Å². The van der Waals surface area contributed by atoms with Crippen LogP contribution in [0, 0.1) is 11.8 Å². The first-order valence-electron chi connectivity index (χ1n) is 16.3. The molecule has 0 amide bonds. The van der Waals surface area contributed by atoms with Crippen LogP contribution in [0.4, 0.5) is 0 Å². The van der Waals surface area contributed by atoms with Crippen LogP contribution in [0.5, 0.6) is 0 Å². The molecule has 1 heterocycles. The highest BCUT2D eigenvalue weighted by molar-refractivity contribution is 5.85. The standard InChI is InChI=1S/C38H52N2/c1-5-9-13-15-16-18-28-36-35(27-17-14-10-6-2)37(33-25-19-23-31(29-33)21-11-7-3)40(39)38(36)34-26-20-24-32(30-34)22-12-8-4/h19-20,23-26,29-30H,5-16,18,21-22,28H2,1-4H3. The van der Waals surface area contributed by atoms with Gasteiger partial charge in [-0.1, -0.05) is 115 Å². The van der Waals surface area contributed by atoms with Gasteiger partial charge in [-0.3, -0.25) is 0 Å². The van der Waals surface area contributed by atoms with Gasteiger partial charge in [0.2, 0.25) is 11.4 Å². The van der Waals surface area contributed by atoms with Crippen molar-refractivity contribution in [2.24, 2.45) is 0 Å². The molecule has 2 aromatic rings. The highest BCUT2D eigenvalue weighted by Gasteiger charge is 2.35. The van der Waals surface area contributed by atoms with Gasteiger partial charge < -0.3 is 5.53 Å². The van der Waals surface area contributed by atoms with E-state index in [2.05, 4.69) is 88.1 Å². The van der Waals surface area contributed by atoms with Gasteiger partial charge in [-0.15, -0.1) is 0 Å². The molecular formula is C38H52N2. The van der Waals surface area contributed by atoms with E-state index in [1.165, 1.54) is 79.2 Å². The second-order valence-corrected chi connectivity index (χ2v) is 11.4. The molecule has 40 heavy (non-hydrogen) atoms.